The molecule has 5 aromatic rings. The topological polar surface area (TPSA) is 197 Å². The molecule has 0 fully saturated rings. The summed E-state index contributed by atoms with van der Waals surface area (Å²) in [6.07, 6.45) is 0.647. The van der Waals surface area contributed by atoms with E-state index in [1.54, 1.807) is 38.3 Å². The molecule has 2 aliphatic heterocycles. The van der Waals surface area contributed by atoms with Crippen LogP contribution >= 0.6 is 0 Å². The summed E-state index contributed by atoms with van der Waals surface area (Å²) in [6, 6.07) is 14.2. The quantitative estimate of drug-likeness (QED) is 0.0171. The smallest absolute Gasteiger partial charge is 0.261 e. The van der Waals surface area contributed by atoms with Gasteiger partial charge in [0.1, 0.15) is 0 Å². The zero-order valence-electron chi connectivity index (χ0n) is 48.0. The third-order valence-electron chi connectivity index (χ3n) is 14.3. The van der Waals surface area contributed by atoms with Crippen LogP contribution < -0.4 is 0 Å². The largest absolute Gasteiger partial charge is 0.396 e. The molecule has 2 aliphatic rings. The second-order valence-electron chi connectivity index (χ2n) is 21.3. The van der Waals surface area contributed by atoms with E-state index in [2.05, 4.69) is 0 Å². The van der Waals surface area contributed by atoms with Gasteiger partial charge in [-0.1, -0.05) is 24.3 Å². The number of amides is 4. The lowest BCUT2D eigenvalue weighted by atomic mass is 9.82. The van der Waals surface area contributed by atoms with Gasteiger partial charge in [-0.05, 0) is 138 Å². The molecule has 9 atom stereocenters. The molecule has 9 unspecified atom stereocenters. The van der Waals surface area contributed by atoms with E-state index in [1.807, 2.05) is 79.7 Å². The number of unbranched alkanes of at least 4 members (excludes halogenated alkanes) is 1. The summed E-state index contributed by atoms with van der Waals surface area (Å²) in [7, 11) is 1.64. The van der Waals surface area contributed by atoms with E-state index in [0.717, 1.165) is 38.7 Å². The number of nitrogens with zero attached hydrogens (tertiary/aromatic N) is 2. The van der Waals surface area contributed by atoms with Crippen molar-refractivity contribution in [1.82, 2.24) is 9.80 Å². The Hall–Kier alpha value is -4.80. The van der Waals surface area contributed by atoms with Crippen LogP contribution in [0.25, 0.3) is 43.1 Å². The Morgan fingerprint density at radius 1 is 0.380 bits per heavy atom. The van der Waals surface area contributed by atoms with Crippen molar-refractivity contribution in [2.24, 2.45) is 0 Å². The monoisotopic (exact) mass is 1100 g/mol. The molecule has 1 N–H and O–H groups in total. The van der Waals surface area contributed by atoms with Gasteiger partial charge in [0.05, 0.1) is 128 Å². The summed E-state index contributed by atoms with van der Waals surface area (Å²) in [5.41, 5.74) is 1.75. The second kappa shape index (κ2) is 29.8. The highest BCUT2D eigenvalue weighted by atomic mass is 16.6. The van der Waals surface area contributed by atoms with Gasteiger partial charge in [-0.3, -0.25) is 29.0 Å². The molecule has 5 aromatic carbocycles. The maximum absolute atomic E-state index is 14.4. The van der Waals surface area contributed by atoms with Crippen molar-refractivity contribution in [2.45, 2.75) is 136 Å². The van der Waals surface area contributed by atoms with Gasteiger partial charge in [0, 0.05) is 66.5 Å². The van der Waals surface area contributed by atoms with Crippen LogP contribution in [-0.2, 0) is 52.1 Å². The molecule has 0 aliphatic carbocycles. The fourth-order valence-electron chi connectivity index (χ4n) is 9.94. The maximum atomic E-state index is 14.4. The Bertz CT molecular complexity index is 2690. The van der Waals surface area contributed by atoms with Crippen molar-refractivity contribution >= 4 is 66.7 Å². The highest BCUT2D eigenvalue weighted by Crippen LogP contribution is 2.46. The van der Waals surface area contributed by atoms with Crippen LogP contribution in [0.1, 0.15) is 123 Å². The minimum atomic E-state index is -0.582. The van der Waals surface area contributed by atoms with Gasteiger partial charge in [0.2, 0.25) is 0 Å². The van der Waals surface area contributed by atoms with E-state index in [1.165, 1.54) is 9.80 Å². The van der Waals surface area contributed by atoms with Crippen molar-refractivity contribution < 1.29 is 76.4 Å². The molecule has 4 amide bonds. The summed E-state index contributed by atoms with van der Waals surface area (Å²) in [5, 5.41) is 15.1. The molecule has 79 heavy (non-hydrogen) atoms. The Balaban J connectivity index is 0.824. The number of hydrogen-bond acceptors (Lipinski definition) is 16. The van der Waals surface area contributed by atoms with Crippen LogP contribution in [0.3, 0.4) is 0 Å². The highest BCUT2D eigenvalue weighted by molar-refractivity contribution is 6.41. The minimum Gasteiger partial charge on any atom is -0.396 e. The first-order chi connectivity index (χ1) is 38.0. The van der Waals surface area contributed by atoms with Crippen LogP contribution in [-0.4, -0.2) is 200 Å². The lowest BCUT2D eigenvalue weighted by Crippen LogP contribution is -2.48. The lowest BCUT2D eigenvalue weighted by Gasteiger charge is -2.33. The summed E-state index contributed by atoms with van der Waals surface area (Å²) >= 11 is 0. The van der Waals surface area contributed by atoms with Crippen molar-refractivity contribution in [1.29, 1.82) is 0 Å². The zero-order chi connectivity index (χ0) is 56.8. The van der Waals surface area contributed by atoms with Gasteiger partial charge in [0.25, 0.3) is 23.6 Å². The molecule has 2 heterocycles. The number of methoxy groups -OCH3 is 1. The number of carbonyl (C=O) groups is 4. The molecular formula is C61H84N2O16. The van der Waals surface area contributed by atoms with Crippen LogP contribution in [0.15, 0.2) is 48.5 Å². The number of aliphatic hydroxyl groups is 1. The first-order valence-electron chi connectivity index (χ1n) is 28.2. The van der Waals surface area contributed by atoms with Crippen molar-refractivity contribution in [3.8, 4) is 0 Å². The number of aliphatic hydroxyl groups excluding tert-OH is 1. The van der Waals surface area contributed by atoms with E-state index < -0.39 is 17.9 Å². The van der Waals surface area contributed by atoms with Gasteiger partial charge < -0.3 is 57.2 Å². The molecule has 0 aromatic heterocycles. The van der Waals surface area contributed by atoms with E-state index in [-0.39, 0.29) is 87.0 Å². The fourth-order valence-corrected chi connectivity index (χ4v) is 9.94. The van der Waals surface area contributed by atoms with E-state index in [4.69, 9.17) is 57.2 Å². The fraction of sp³-hybridized carbons (Fsp3) is 0.607. The predicted octanol–water partition coefficient (Wildman–Crippen LogP) is 8.40. The molecule has 0 saturated heterocycles. The average molecular weight is 1100 g/mol. The first kappa shape index (κ1) is 61.8. The van der Waals surface area contributed by atoms with E-state index >= 15 is 0 Å². The summed E-state index contributed by atoms with van der Waals surface area (Å²) in [4.78, 5) is 59.1. The predicted molar refractivity (Wildman–Crippen MR) is 301 cm³/mol. The van der Waals surface area contributed by atoms with Gasteiger partial charge in [-0.2, -0.15) is 0 Å². The number of carbonyl (C=O) groups excluding carboxylic acids is 4. The Morgan fingerprint density at radius 2 is 0.722 bits per heavy atom. The molecule has 7 rings (SSSR count). The third kappa shape index (κ3) is 15.6. The van der Waals surface area contributed by atoms with Crippen LogP contribution in [0.2, 0.25) is 0 Å². The maximum Gasteiger partial charge on any atom is 0.261 e. The van der Waals surface area contributed by atoms with E-state index in [9.17, 15) is 19.2 Å². The highest BCUT2D eigenvalue weighted by Gasteiger charge is 2.39. The molecule has 18 heteroatoms. The summed E-state index contributed by atoms with van der Waals surface area (Å²) < 4.78 is 64.1. The Labute approximate surface area is 464 Å². The third-order valence-corrected chi connectivity index (χ3v) is 14.3. The van der Waals surface area contributed by atoms with Gasteiger partial charge in [-0.25, -0.2) is 0 Å². The number of hydrogen-bond donors (Lipinski definition) is 1. The summed E-state index contributed by atoms with van der Waals surface area (Å²) in [6.45, 7) is 23.1. The molecule has 434 valence electrons. The van der Waals surface area contributed by atoms with Crippen molar-refractivity contribution in [2.75, 3.05) is 106 Å². The zero-order valence-corrected chi connectivity index (χ0v) is 48.0. The average Bonchev–Trinajstić information content (AvgIpc) is 3.53. The molecule has 0 radical (unpaired) electrons. The number of imide groups is 2. The van der Waals surface area contributed by atoms with Crippen LogP contribution in [0.5, 0.6) is 0 Å². The standard InChI is InChI=1S/C61H84N2O16/c1-37(28-72-39(3)30-74-41(5)32-76-43(7)34-78-45(9)36-79-44(8)35-77-42(6)33-75-40(4)31-73-38(2)29-71-27-26-69-10)63-60(67)52-20-16-48-46-14-18-50-56-51(59(66)62(58(50)65)22-13-25-70-24-12-11-23-64)19-15-47(54(46)56)49-17-21-53(61(63)68)57(52)55(48)49/h14-21,37-45,64H,11-13,22-36H2,1-10H3. The van der Waals surface area contributed by atoms with Gasteiger partial charge in [-0.15, -0.1) is 0 Å². The first-order valence-corrected chi connectivity index (χ1v) is 28.2. The summed E-state index contributed by atoms with van der Waals surface area (Å²) in [5.74, 6) is -1.50. The van der Waals surface area contributed by atoms with Crippen LogP contribution in [0, 0.1) is 0 Å². The Kier molecular flexibility index (Phi) is 23.3. The number of fused-ring (bicyclic) bond motifs is 2. The molecule has 0 bridgehead atoms. The molecule has 0 saturated carbocycles. The van der Waals surface area contributed by atoms with Crippen molar-refractivity contribution in [3.63, 3.8) is 0 Å². The minimum absolute atomic E-state index is 0.0346. The van der Waals surface area contributed by atoms with Gasteiger partial charge in [0.15, 0.2) is 0 Å². The Morgan fingerprint density at radius 3 is 1.09 bits per heavy atom. The molecule has 0 spiro atoms. The van der Waals surface area contributed by atoms with E-state index in [0.29, 0.717) is 119 Å². The number of benzene rings is 5. The lowest BCUT2D eigenvalue weighted by molar-refractivity contribution is -0.110. The number of ether oxygens (including phenoxy) is 11. The van der Waals surface area contributed by atoms with Crippen molar-refractivity contribution in [3.05, 3.63) is 70.8 Å². The van der Waals surface area contributed by atoms with Gasteiger partial charge >= 0.3 is 0 Å². The number of rotatable bonds is 38. The second-order valence-corrected chi connectivity index (χ2v) is 21.3. The SMILES string of the molecule is COCCOCC(C)OCC(C)OCC(C)OCC(C)OCC(C)OCC(C)OCC(C)OCC(C)OCC(C)N1C(=O)c2ccc3c4ccc5c6c(ccc(c7ccc(c2c37)C1=O)c64)C(=O)N(CCCOCCCCO)C5=O. The van der Waals surface area contributed by atoms with Crippen LogP contribution in [0.4, 0.5) is 0 Å². The molecule has 18 nitrogen and oxygen atoms in total. The molecular weight excluding hydrogens is 1020 g/mol. The normalized spacial score (nSPS) is 17.4.